The molecule has 0 bridgehead atoms. The number of rotatable bonds is 2. The van der Waals surface area contributed by atoms with Crippen LogP contribution in [-0.4, -0.2) is 14.5 Å². The van der Waals surface area contributed by atoms with Gasteiger partial charge in [0, 0.05) is 0 Å². The van der Waals surface area contributed by atoms with Gasteiger partial charge in [-0.1, -0.05) is 36.4 Å². The SMILES string of the molecule is CC.Cc1ccccc1S(=O)(=O)N=C=O. The molecule has 1 rings (SSSR count). The van der Waals surface area contributed by atoms with Gasteiger partial charge in [-0.25, -0.2) is 4.79 Å². The van der Waals surface area contributed by atoms with Gasteiger partial charge in [0.1, 0.15) is 0 Å². The van der Waals surface area contributed by atoms with Crippen LogP contribution in [0.5, 0.6) is 0 Å². The second kappa shape index (κ2) is 6.11. The van der Waals surface area contributed by atoms with Crippen molar-refractivity contribution in [2.45, 2.75) is 25.7 Å². The van der Waals surface area contributed by atoms with Crippen LogP contribution in [0.4, 0.5) is 0 Å². The van der Waals surface area contributed by atoms with E-state index in [1.807, 2.05) is 13.8 Å². The Bertz CT molecular complexity index is 459. The molecule has 0 aliphatic rings. The molecule has 0 fully saturated rings. The van der Waals surface area contributed by atoms with Gasteiger partial charge in [-0.3, -0.25) is 0 Å². The molecule has 0 saturated heterocycles. The minimum absolute atomic E-state index is 0.0401. The Labute approximate surface area is 89.7 Å². The molecule has 0 radical (unpaired) electrons. The zero-order valence-corrected chi connectivity index (χ0v) is 9.71. The molecule has 0 spiro atoms. The molecule has 1 aromatic rings. The average molecular weight is 227 g/mol. The van der Waals surface area contributed by atoms with E-state index in [2.05, 4.69) is 4.40 Å². The maximum Gasteiger partial charge on any atom is 0.292 e. The number of isocyanates is 1. The summed E-state index contributed by atoms with van der Waals surface area (Å²) in [5.74, 6) is 0. The van der Waals surface area contributed by atoms with Gasteiger partial charge in [-0.15, -0.1) is 0 Å². The van der Waals surface area contributed by atoms with Crippen molar-refractivity contribution in [3.63, 3.8) is 0 Å². The number of aryl methyl sites for hydroxylation is 1. The molecule has 0 amide bonds. The summed E-state index contributed by atoms with van der Waals surface area (Å²) < 4.78 is 25.2. The first kappa shape index (κ1) is 13.5. The summed E-state index contributed by atoms with van der Waals surface area (Å²) in [5.41, 5.74) is 0.557. The standard InChI is InChI=1S/C8H7NO3S.C2H6/c1-7-4-2-3-5-8(7)13(11,12)9-6-10;1-2/h2-5H,1H3;1-2H3. The van der Waals surface area contributed by atoms with Gasteiger partial charge in [0.2, 0.25) is 0 Å². The second-order valence-corrected chi connectivity index (χ2v) is 4.00. The third kappa shape index (κ3) is 3.65. The van der Waals surface area contributed by atoms with Crippen molar-refractivity contribution in [1.82, 2.24) is 0 Å². The highest BCUT2D eigenvalue weighted by molar-refractivity contribution is 7.90. The van der Waals surface area contributed by atoms with Crippen molar-refractivity contribution < 1.29 is 13.2 Å². The zero-order chi connectivity index (χ0) is 11.9. The van der Waals surface area contributed by atoms with Gasteiger partial charge in [0.15, 0.2) is 0 Å². The third-order valence-corrected chi connectivity index (χ3v) is 2.86. The van der Waals surface area contributed by atoms with E-state index in [9.17, 15) is 13.2 Å². The Kier molecular flexibility index (Phi) is 5.52. The minimum Gasteiger partial charge on any atom is -0.210 e. The quantitative estimate of drug-likeness (QED) is 0.573. The highest BCUT2D eigenvalue weighted by atomic mass is 32.2. The second-order valence-electron chi connectivity index (χ2n) is 2.42. The number of hydrogen-bond donors (Lipinski definition) is 0. The molecule has 0 heterocycles. The predicted molar refractivity (Wildman–Crippen MR) is 57.8 cm³/mol. The fourth-order valence-corrected chi connectivity index (χ4v) is 1.87. The molecule has 15 heavy (non-hydrogen) atoms. The van der Waals surface area contributed by atoms with E-state index >= 15 is 0 Å². The Morgan fingerprint density at radius 1 is 1.20 bits per heavy atom. The predicted octanol–water partition coefficient (Wildman–Crippen LogP) is 2.05. The van der Waals surface area contributed by atoms with Gasteiger partial charge in [-0.05, 0) is 18.6 Å². The lowest BCUT2D eigenvalue weighted by Crippen LogP contribution is -1.98. The van der Waals surface area contributed by atoms with E-state index in [-0.39, 0.29) is 4.90 Å². The summed E-state index contributed by atoms with van der Waals surface area (Å²) in [4.78, 5) is 9.87. The summed E-state index contributed by atoms with van der Waals surface area (Å²) in [7, 11) is -3.84. The van der Waals surface area contributed by atoms with Crippen molar-refractivity contribution in [1.29, 1.82) is 0 Å². The summed E-state index contributed by atoms with van der Waals surface area (Å²) in [6, 6.07) is 6.30. The number of carbonyl (C=O) groups excluding carboxylic acids is 1. The fraction of sp³-hybridized carbons (Fsp3) is 0.300. The van der Waals surface area contributed by atoms with Crippen LogP contribution >= 0.6 is 0 Å². The van der Waals surface area contributed by atoms with Crippen molar-refractivity contribution in [3.05, 3.63) is 29.8 Å². The van der Waals surface area contributed by atoms with Crippen LogP contribution in [0.25, 0.3) is 0 Å². The lowest BCUT2D eigenvalue weighted by molar-refractivity contribution is 0.563. The van der Waals surface area contributed by atoms with Crippen molar-refractivity contribution in [3.8, 4) is 0 Å². The Morgan fingerprint density at radius 3 is 2.20 bits per heavy atom. The van der Waals surface area contributed by atoms with Crippen LogP contribution in [0.2, 0.25) is 0 Å². The Morgan fingerprint density at radius 2 is 1.73 bits per heavy atom. The summed E-state index contributed by atoms with van der Waals surface area (Å²) in [6.07, 6.45) is 1.02. The molecule has 0 aliphatic heterocycles. The van der Waals surface area contributed by atoms with Crippen LogP contribution in [0.3, 0.4) is 0 Å². The molecular formula is C10H13NO3S. The van der Waals surface area contributed by atoms with Crippen molar-refractivity contribution >= 4 is 16.1 Å². The highest BCUT2D eigenvalue weighted by Crippen LogP contribution is 2.15. The van der Waals surface area contributed by atoms with E-state index in [4.69, 9.17) is 0 Å². The number of hydrogen-bond acceptors (Lipinski definition) is 3. The van der Waals surface area contributed by atoms with E-state index in [0.29, 0.717) is 5.56 Å². The molecule has 82 valence electrons. The molecule has 0 saturated carbocycles. The first-order valence-electron chi connectivity index (χ1n) is 4.48. The Balaban J connectivity index is 0.000000921. The molecule has 0 aromatic heterocycles. The normalized spacial score (nSPS) is 9.53. The number of nitrogens with zero attached hydrogens (tertiary/aromatic N) is 1. The minimum atomic E-state index is -3.84. The fourth-order valence-electron chi connectivity index (χ4n) is 0.944. The van der Waals surface area contributed by atoms with Crippen LogP contribution in [-0.2, 0) is 14.8 Å². The number of benzene rings is 1. The van der Waals surface area contributed by atoms with Gasteiger partial charge in [0.05, 0.1) is 4.90 Å². The monoisotopic (exact) mass is 227 g/mol. The van der Waals surface area contributed by atoms with Crippen LogP contribution < -0.4 is 0 Å². The van der Waals surface area contributed by atoms with Crippen LogP contribution in [0.15, 0.2) is 33.6 Å². The maximum absolute atomic E-state index is 11.2. The average Bonchev–Trinajstić information content (AvgIpc) is 2.21. The van der Waals surface area contributed by atoms with E-state index in [1.165, 1.54) is 6.07 Å². The van der Waals surface area contributed by atoms with E-state index in [0.717, 1.165) is 6.08 Å². The molecule has 1 aromatic carbocycles. The third-order valence-electron chi connectivity index (χ3n) is 1.53. The topological polar surface area (TPSA) is 63.6 Å². The molecule has 0 N–H and O–H groups in total. The van der Waals surface area contributed by atoms with Crippen LogP contribution in [0.1, 0.15) is 19.4 Å². The maximum atomic E-state index is 11.2. The molecule has 0 atom stereocenters. The first-order valence-corrected chi connectivity index (χ1v) is 5.92. The largest absolute Gasteiger partial charge is 0.292 e. The van der Waals surface area contributed by atoms with Gasteiger partial charge in [0.25, 0.3) is 16.1 Å². The molecular weight excluding hydrogens is 214 g/mol. The molecule has 5 heteroatoms. The summed E-state index contributed by atoms with van der Waals surface area (Å²) >= 11 is 0. The van der Waals surface area contributed by atoms with Crippen LogP contribution in [0, 0.1) is 6.92 Å². The van der Waals surface area contributed by atoms with E-state index in [1.54, 1.807) is 25.1 Å². The van der Waals surface area contributed by atoms with E-state index < -0.39 is 10.0 Å². The van der Waals surface area contributed by atoms with Gasteiger partial charge >= 0.3 is 0 Å². The van der Waals surface area contributed by atoms with Crippen molar-refractivity contribution in [2.75, 3.05) is 0 Å². The zero-order valence-electron chi connectivity index (χ0n) is 8.89. The van der Waals surface area contributed by atoms with Crippen molar-refractivity contribution in [2.24, 2.45) is 4.40 Å². The Hall–Kier alpha value is -1.45. The lowest BCUT2D eigenvalue weighted by atomic mass is 10.2. The first-order chi connectivity index (χ1) is 7.08. The van der Waals surface area contributed by atoms with Gasteiger partial charge in [-0.2, -0.15) is 8.42 Å². The summed E-state index contributed by atoms with van der Waals surface area (Å²) in [6.45, 7) is 5.63. The summed E-state index contributed by atoms with van der Waals surface area (Å²) in [5, 5.41) is 0. The molecule has 0 aliphatic carbocycles. The molecule has 4 nitrogen and oxygen atoms in total. The lowest BCUT2D eigenvalue weighted by Gasteiger charge is -1.99. The smallest absolute Gasteiger partial charge is 0.210 e. The number of sulfonamides is 1. The molecule has 0 unspecified atom stereocenters. The van der Waals surface area contributed by atoms with Gasteiger partial charge < -0.3 is 0 Å². The highest BCUT2D eigenvalue weighted by Gasteiger charge is 2.14.